The van der Waals surface area contributed by atoms with Crippen molar-refractivity contribution in [1.82, 2.24) is 10.6 Å². The van der Waals surface area contributed by atoms with Crippen LogP contribution in [0.15, 0.2) is 29.8 Å². The van der Waals surface area contributed by atoms with Gasteiger partial charge in [-0.15, -0.1) is 0 Å². The van der Waals surface area contributed by atoms with Gasteiger partial charge in [0.05, 0.1) is 11.3 Å². The van der Waals surface area contributed by atoms with Gasteiger partial charge in [0.15, 0.2) is 0 Å². The molecule has 1 aliphatic heterocycles. The van der Waals surface area contributed by atoms with E-state index in [0.29, 0.717) is 5.56 Å². The second-order valence-electron chi connectivity index (χ2n) is 8.75. The molecule has 2 aliphatic carbocycles. The highest BCUT2D eigenvalue weighted by atomic mass is 16.2. The SMILES string of the molecule is CN1C(=O)C(=C(C(=O)NC2CCCCC2)C(=O)NC2CCCCC2)c2ccccc21. The first-order chi connectivity index (χ1) is 14.6. The van der Waals surface area contributed by atoms with Crippen molar-refractivity contribution in [3.05, 3.63) is 35.4 Å². The molecule has 1 heterocycles. The van der Waals surface area contributed by atoms with Crippen LogP contribution in [0.25, 0.3) is 5.57 Å². The number of anilines is 1. The van der Waals surface area contributed by atoms with E-state index < -0.39 is 11.8 Å². The molecule has 0 spiro atoms. The Morgan fingerprint density at radius 2 is 1.33 bits per heavy atom. The van der Waals surface area contributed by atoms with Gasteiger partial charge in [0.1, 0.15) is 5.57 Å². The van der Waals surface area contributed by atoms with E-state index in [1.807, 2.05) is 24.3 Å². The Bertz CT molecular complexity index is 830. The molecule has 0 atom stereocenters. The van der Waals surface area contributed by atoms with Crippen molar-refractivity contribution in [2.75, 3.05) is 11.9 Å². The molecule has 0 aromatic heterocycles. The molecule has 4 rings (SSSR count). The van der Waals surface area contributed by atoms with Crippen LogP contribution < -0.4 is 15.5 Å². The van der Waals surface area contributed by atoms with E-state index in [4.69, 9.17) is 0 Å². The van der Waals surface area contributed by atoms with E-state index in [0.717, 1.165) is 57.1 Å². The fourth-order valence-electron chi connectivity index (χ4n) is 4.95. The fourth-order valence-corrected chi connectivity index (χ4v) is 4.95. The predicted molar refractivity (Wildman–Crippen MR) is 117 cm³/mol. The molecule has 1 aromatic rings. The summed E-state index contributed by atoms with van der Waals surface area (Å²) in [5.74, 6) is -1.16. The molecule has 2 fully saturated rings. The summed E-state index contributed by atoms with van der Waals surface area (Å²) in [6.45, 7) is 0. The van der Waals surface area contributed by atoms with Gasteiger partial charge in [0.25, 0.3) is 17.7 Å². The molecule has 3 aliphatic rings. The zero-order chi connectivity index (χ0) is 21.1. The second-order valence-corrected chi connectivity index (χ2v) is 8.75. The van der Waals surface area contributed by atoms with Gasteiger partial charge in [-0.1, -0.05) is 56.7 Å². The van der Waals surface area contributed by atoms with Gasteiger partial charge < -0.3 is 15.5 Å². The number of nitrogens with zero attached hydrogens (tertiary/aromatic N) is 1. The second kappa shape index (κ2) is 9.02. The Hall–Kier alpha value is -2.63. The molecule has 6 nitrogen and oxygen atoms in total. The third-order valence-corrected chi connectivity index (χ3v) is 6.64. The molecule has 3 amide bonds. The van der Waals surface area contributed by atoms with Crippen LogP contribution in [0.5, 0.6) is 0 Å². The van der Waals surface area contributed by atoms with Gasteiger partial charge in [0, 0.05) is 24.7 Å². The normalized spacial score (nSPS) is 20.1. The van der Waals surface area contributed by atoms with E-state index in [9.17, 15) is 14.4 Å². The summed E-state index contributed by atoms with van der Waals surface area (Å²) < 4.78 is 0. The lowest BCUT2D eigenvalue weighted by molar-refractivity contribution is -0.125. The highest BCUT2D eigenvalue weighted by molar-refractivity contribution is 6.41. The summed E-state index contributed by atoms with van der Waals surface area (Å²) in [6.07, 6.45) is 10.4. The number of amides is 3. The van der Waals surface area contributed by atoms with E-state index >= 15 is 0 Å². The number of nitrogens with one attached hydrogen (secondary N) is 2. The number of hydrogen-bond donors (Lipinski definition) is 2. The third-order valence-electron chi connectivity index (χ3n) is 6.64. The molecule has 1 aromatic carbocycles. The van der Waals surface area contributed by atoms with Crippen LogP contribution in [0.2, 0.25) is 0 Å². The molecule has 30 heavy (non-hydrogen) atoms. The van der Waals surface area contributed by atoms with Gasteiger partial charge in [-0.3, -0.25) is 14.4 Å². The molecular formula is C24H31N3O3. The maximum atomic E-state index is 13.3. The highest BCUT2D eigenvalue weighted by Crippen LogP contribution is 2.37. The van der Waals surface area contributed by atoms with Gasteiger partial charge in [-0.2, -0.15) is 0 Å². The Morgan fingerprint density at radius 3 is 1.87 bits per heavy atom. The average molecular weight is 410 g/mol. The largest absolute Gasteiger partial charge is 0.349 e. The summed E-state index contributed by atoms with van der Waals surface area (Å²) >= 11 is 0. The zero-order valence-corrected chi connectivity index (χ0v) is 17.7. The van der Waals surface area contributed by atoms with E-state index in [1.54, 1.807) is 7.05 Å². The Balaban J connectivity index is 1.69. The van der Waals surface area contributed by atoms with Crippen LogP contribution in [0.1, 0.15) is 69.8 Å². The van der Waals surface area contributed by atoms with Gasteiger partial charge in [-0.25, -0.2) is 0 Å². The standard InChI is InChI=1S/C24H31N3O3/c1-27-19-15-9-8-14-18(19)20(24(27)30)21(22(28)25-16-10-4-2-5-11-16)23(29)26-17-12-6-3-7-13-17/h8-9,14-17H,2-7,10-13H2,1H3,(H,25,28)(H,26,29). The number of para-hydroxylation sites is 1. The van der Waals surface area contributed by atoms with E-state index in [1.165, 1.54) is 17.7 Å². The predicted octanol–water partition coefficient (Wildman–Crippen LogP) is 3.31. The lowest BCUT2D eigenvalue weighted by Gasteiger charge is -2.26. The van der Waals surface area contributed by atoms with Crippen LogP contribution in [-0.4, -0.2) is 36.9 Å². The van der Waals surface area contributed by atoms with Crippen molar-refractivity contribution >= 4 is 29.0 Å². The number of likely N-dealkylation sites (N-methyl/N-ethyl adjacent to an activating group) is 1. The van der Waals surface area contributed by atoms with Gasteiger partial charge in [0.2, 0.25) is 0 Å². The number of rotatable bonds is 4. The first-order valence-corrected chi connectivity index (χ1v) is 11.3. The lowest BCUT2D eigenvalue weighted by Crippen LogP contribution is -2.44. The summed E-state index contributed by atoms with van der Waals surface area (Å²) in [6, 6.07) is 7.47. The Morgan fingerprint density at radius 1 is 0.833 bits per heavy atom. The van der Waals surface area contributed by atoms with Crippen molar-refractivity contribution in [3.8, 4) is 0 Å². The average Bonchev–Trinajstić information content (AvgIpc) is 3.01. The van der Waals surface area contributed by atoms with Crippen molar-refractivity contribution < 1.29 is 14.4 Å². The van der Waals surface area contributed by atoms with Crippen molar-refractivity contribution in [1.29, 1.82) is 0 Å². The Labute approximate surface area is 178 Å². The number of fused-ring (bicyclic) bond motifs is 1. The minimum absolute atomic E-state index is 0.0343. The summed E-state index contributed by atoms with van der Waals surface area (Å²) in [5, 5.41) is 6.10. The van der Waals surface area contributed by atoms with Crippen LogP contribution in [-0.2, 0) is 14.4 Å². The van der Waals surface area contributed by atoms with Gasteiger partial charge in [-0.05, 0) is 31.7 Å². The number of carbonyl (C=O) groups excluding carboxylic acids is 3. The van der Waals surface area contributed by atoms with Gasteiger partial charge >= 0.3 is 0 Å². The number of hydrogen-bond acceptors (Lipinski definition) is 3. The molecule has 2 saturated carbocycles. The molecule has 0 radical (unpaired) electrons. The van der Waals surface area contributed by atoms with Crippen molar-refractivity contribution in [3.63, 3.8) is 0 Å². The maximum Gasteiger partial charge on any atom is 0.259 e. The molecule has 0 saturated heterocycles. The fraction of sp³-hybridized carbons (Fsp3) is 0.542. The van der Waals surface area contributed by atoms with Crippen LogP contribution in [0.3, 0.4) is 0 Å². The highest BCUT2D eigenvalue weighted by Gasteiger charge is 2.37. The number of benzene rings is 1. The van der Waals surface area contributed by atoms with E-state index in [-0.39, 0.29) is 29.1 Å². The van der Waals surface area contributed by atoms with Crippen molar-refractivity contribution in [2.24, 2.45) is 0 Å². The molecular weight excluding hydrogens is 378 g/mol. The minimum Gasteiger partial charge on any atom is -0.349 e. The first kappa shape index (κ1) is 20.6. The smallest absolute Gasteiger partial charge is 0.259 e. The lowest BCUT2D eigenvalue weighted by atomic mass is 9.93. The summed E-state index contributed by atoms with van der Waals surface area (Å²) in [4.78, 5) is 41.3. The first-order valence-electron chi connectivity index (χ1n) is 11.3. The Kier molecular flexibility index (Phi) is 6.21. The molecule has 2 N–H and O–H groups in total. The molecule has 6 heteroatoms. The topological polar surface area (TPSA) is 78.5 Å². The summed E-state index contributed by atoms with van der Waals surface area (Å²) in [7, 11) is 1.68. The quantitative estimate of drug-likeness (QED) is 0.455. The summed E-state index contributed by atoms with van der Waals surface area (Å²) in [5.41, 5.74) is 1.56. The van der Waals surface area contributed by atoms with E-state index in [2.05, 4.69) is 10.6 Å². The number of carbonyl (C=O) groups is 3. The molecule has 0 bridgehead atoms. The van der Waals surface area contributed by atoms with Crippen LogP contribution in [0, 0.1) is 0 Å². The molecule has 0 unspecified atom stereocenters. The molecule has 160 valence electrons. The monoisotopic (exact) mass is 409 g/mol. The van der Waals surface area contributed by atoms with Crippen LogP contribution >= 0.6 is 0 Å². The van der Waals surface area contributed by atoms with Crippen molar-refractivity contribution in [2.45, 2.75) is 76.3 Å². The minimum atomic E-state index is -0.427. The zero-order valence-electron chi connectivity index (χ0n) is 17.7. The third kappa shape index (κ3) is 4.13. The maximum absolute atomic E-state index is 13.3. The van der Waals surface area contributed by atoms with Crippen LogP contribution in [0.4, 0.5) is 5.69 Å².